The fourth-order valence-corrected chi connectivity index (χ4v) is 1.38. The van der Waals surface area contributed by atoms with E-state index in [-0.39, 0.29) is 6.61 Å². The number of aromatic nitrogens is 2. The van der Waals surface area contributed by atoms with Gasteiger partial charge in [0.25, 0.3) is 0 Å². The largest absolute Gasteiger partial charge is 0.394 e. The van der Waals surface area contributed by atoms with Gasteiger partial charge in [-0.3, -0.25) is 0 Å². The number of urea groups is 1. The molecule has 3 N–H and O–H groups in total. The lowest BCUT2D eigenvalue weighted by Crippen LogP contribution is -2.50. The van der Waals surface area contributed by atoms with Crippen molar-refractivity contribution in [2.45, 2.75) is 38.8 Å². The van der Waals surface area contributed by atoms with Crippen molar-refractivity contribution in [1.82, 2.24) is 20.8 Å². The lowest BCUT2D eigenvalue weighted by molar-refractivity contribution is 0.179. The van der Waals surface area contributed by atoms with Gasteiger partial charge in [0.1, 0.15) is 6.04 Å². The monoisotopic (exact) mass is 286 g/mol. The van der Waals surface area contributed by atoms with E-state index in [4.69, 9.17) is 14.4 Å². The zero-order chi connectivity index (χ0) is 15.2. The average molecular weight is 286 g/mol. The lowest BCUT2D eigenvalue weighted by atomic mass is 10.1. The lowest BCUT2D eigenvalue weighted by Gasteiger charge is -2.24. The number of rotatable bonds is 7. The Morgan fingerprint density at radius 1 is 1.55 bits per heavy atom. The van der Waals surface area contributed by atoms with E-state index < -0.39 is 17.6 Å². The van der Waals surface area contributed by atoms with Gasteiger partial charge in [-0.15, -0.1) is 0 Å². The van der Waals surface area contributed by atoms with Crippen molar-refractivity contribution in [3.8, 4) is 0 Å². The van der Waals surface area contributed by atoms with Crippen LogP contribution in [0.2, 0.25) is 0 Å². The minimum absolute atomic E-state index is 0.156. The molecule has 114 valence electrons. The van der Waals surface area contributed by atoms with Gasteiger partial charge in [0.2, 0.25) is 5.89 Å². The third-order valence-electron chi connectivity index (χ3n) is 2.58. The second kappa shape index (κ2) is 7.20. The Kier molecular flexibility index (Phi) is 5.90. The first kappa shape index (κ1) is 16.4. The molecule has 1 heterocycles. The molecule has 0 aromatic carbocycles. The molecule has 1 aromatic heterocycles. The Bertz CT molecular complexity index is 433. The van der Waals surface area contributed by atoms with Crippen LogP contribution in [0.3, 0.4) is 0 Å². The van der Waals surface area contributed by atoms with Crippen molar-refractivity contribution in [2.75, 3.05) is 20.3 Å². The summed E-state index contributed by atoms with van der Waals surface area (Å²) in [5.74, 6) is 0.861. The van der Waals surface area contributed by atoms with Gasteiger partial charge in [-0.05, 0) is 20.8 Å². The predicted octanol–water partition coefficient (Wildman–Crippen LogP) is 0.390. The number of aliphatic hydroxyl groups excluding tert-OH is 1. The van der Waals surface area contributed by atoms with Crippen LogP contribution >= 0.6 is 0 Å². The highest BCUT2D eigenvalue weighted by molar-refractivity contribution is 5.75. The van der Waals surface area contributed by atoms with E-state index in [0.29, 0.717) is 24.7 Å². The van der Waals surface area contributed by atoms with Crippen LogP contribution in [0.15, 0.2) is 4.52 Å². The summed E-state index contributed by atoms with van der Waals surface area (Å²) in [5.41, 5.74) is -0.692. The molecule has 8 heteroatoms. The molecule has 0 bridgehead atoms. The average Bonchev–Trinajstić information content (AvgIpc) is 2.84. The highest BCUT2D eigenvalue weighted by Gasteiger charge is 2.22. The number of aliphatic hydroxyl groups is 1. The molecule has 0 aliphatic carbocycles. The minimum atomic E-state index is -0.692. The van der Waals surface area contributed by atoms with Crippen LogP contribution in [0, 0.1) is 0 Å². The number of nitrogens with one attached hydrogen (secondary N) is 2. The topological polar surface area (TPSA) is 110 Å². The van der Waals surface area contributed by atoms with Crippen LogP contribution in [0.5, 0.6) is 0 Å². The molecule has 1 rings (SSSR count). The third kappa shape index (κ3) is 5.14. The number of amides is 2. The zero-order valence-electron chi connectivity index (χ0n) is 12.3. The Morgan fingerprint density at radius 2 is 2.25 bits per heavy atom. The summed E-state index contributed by atoms with van der Waals surface area (Å²) in [6.07, 6.45) is 0.552. The highest BCUT2D eigenvalue weighted by atomic mass is 16.5. The smallest absolute Gasteiger partial charge is 0.315 e. The van der Waals surface area contributed by atoms with E-state index in [9.17, 15) is 4.79 Å². The molecule has 0 spiro atoms. The molecule has 0 fully saturated rings. The number of carbonyl (C=O) groups is 1. The minimum Gasteiger partial charge on any atom is -0.394 e. The van der Waals surface area contributed by atoms with Gasteiger partial charge in [-0.1, -0.05) is 5.16 Å². The Balaban J connectivity index is 2.51. The molecule has 0 saturated heterocycles. The maximum Gasteiger partial charge on any atom is 0.315 e. The number of carbonyl (C=O) groups excluding carboxylic acids is 1. The maximum absolute atomic E-state index is 11.7. The van der Waals surface area contributed by atoms with E-state index in [2.05, 4.69) is 20.8 Å². The van der Waals surface area contributed by atoms with Crippen LogP contribution in [-0.2, 0) is 11.2 Å². The van der Waals surface area contributed by atoms with Gasteiger partial charge < -0.3 is 25.0 Å². The molecular formula is C12H22N4O4. The summed E-state index contributed by atoms with van der Waals surface area (Å²) in [5, 5.41) is 18.2. The van der Waals surface area contributed by atoms with Crippen LogP contribution < -0.4 is 10.6 Å². The SMILES string of the molecule is COCCc1noc([C@H](C)NC(=O)NC(C)(C)CO)n1. The van der Waals surface area contributed by atoms with Gasteiger partial charge in [-0.25, -0.2) is 4.79 Å². The molecular weight excluding hydrogens is 264 g/mol. The van der Waals surface area contributed by atoms with E-state index in [0.717, 1.165) is 0 Å². The Morgan fingerprint density at radius 3 is 2.85 bits per heavy atom. The van der Waals surface area contributed by atoms with Gasteiger partial charge in [0.15, 0.2) is 5.82 Å². The number of ether oxygens (including phenoxy) is 1. The van der Waals surface area contributed by atoms with E-state index in [1.807, 2.05) is 0 Å². The molecule has 0 saturated carbocycles. The molecule has 0 radical (unpaired) electrons. The first-order valence-electron chi connectivity index (χ1n) is 6.39. The summed E-state index contributed by atoms with van der Waals surface area (Å²) in [6.45, 7) is 5.52. The van der Waals surface area contributed by atoms with E-state index in [1.165, 1.54) is 0 Å². The van der Waals surface area contributed by atoms with E-state index in [1.54, 1.807) is 27.9 Å². The van der Waals surface area contributed by atoms with Crippen LogP contribution in [0.25, 0.3) is 0 Å². The highest BCUT2D eigenvalue weighted by Crippen LogP contribution is 2.10. The normalized spacial score (nSPS) is 13.1. The van der Waals surface area contributed by atoms with Crippen LogP contribution in [0.4, 0.5) is 4.79 Å². The third-order valence-corrected chi connectivity index (χ3v) is 2.58. The summed E-state index contributed by atoms with van der Waals surface area (Å²) < 4.78 is 9.99. The first-order valence-corrected chi connectivity index (χ1v) is 6.39. The van der Waals surface area contributed by atoms with Crippen molar-refractivity contribution < 1.29 is 19.2 Å². The van der Waals surface area contributed by atoms with Gasteiger partial charge in [0, 0.05) is 13.5 Å². The predicted molar refractivity (Wildman–Crippen MR) is 71.1 cm³/mol. The summed E-state index contributed by atoms with van der Waals surface area (Å²) in [4.78, 5) is 15.9. The molecule has 0 aliphatic heterocycles. The Hall–Kier alpha value is -1.67. The fraction of sp³-hybridized carbons (Fsp3) is 0.750. The molecule has 0 aliphatic rings. The Labute approximate surface area is 117 Å². The van der Waals surface area contributed by atoms with Crippen molar-refractivity contribution in [2.24, 2.45) is 0 Å². The second-order valence-electron chi connectivity index (χ2n) is 5.15. The van der Waals surface area contributed by atoms with Gasteiger partial charge >= 0.3 is 6.03 Å². The number of hydrogen-bond donors (Lipinski definition) is 3. The molecule has 8 nitrogen and oxygen atoms in total. The maximum atomic E-state index is 11.7. The van der Waals surface area contributed by atoms with Crippen molar-refractivity contribution >= 4 is 6.03 Å². The molecule has 1 atom stereocenters. The van der Waals surface area contributed by atoms with Crippen LogP contribution in [0.1, 0.15) is 38.5 Å². The quantitative estimate of drug-likeness (QED) is 0.669. The summed E-state index contributed by atoms with van der Waals surface area (Å²) >= 11 is 0. The fourth-order valence-electron chi connectivity index (χ4n) is 1.38. The van der Waals surface area contributed by atoms with Gasteiger partial charge in [-0.2, -0.15) is 4.98 Å². The zero-order valence-corrected chi connectivity index (χ0v) is 12.3. The molecule has 2 amide bonds. The molecule has 20 heavy (non-hydrogen) atoms. The van der Waals surface area contributed by atoms with E-state index >= 15 is 0 Å². The summed E-state index contributed by atoms with van der Waals surface area (Å²) in [6, 6.07) is -0.832. The van der Waals surface area contributed by atoms with Crippen LogP contribution in [-0.4, -0.2) is 47.1 Å². The molecule has 0 unspecified atom stereocenters. The second-order valence-corrected chi connectivity index (χ2v) is 5.15. The van der Waals surface area contributed by atoms with Crippen molar-refractivity contribution in [3.63, 3.8) is 0 Å². The number of methoxy groups -OCH3 is 1. The van der Waals surface area contributed by atoms with Gasteiger partial charge in [0.05, 0.1) is 18.8 Å². The number of nitrogens with zero attached hydrogens (tertiary/aromatic N) is 2. The number of hydrogen-bond acceptors (Lipinski definition) is 6. The summed E-state index contributed by atoms with van der Waals surface area (Å²) in [7, 11) is 1.60. The first-order chi connectivity index (χ1) is 9.38. The molecule has 1 aromatic rings. The standard InChI is InChI=1S/C12H22N4O4/c1-8(13-11(18)15-12(2,3)7-17)10-14-9(16-20-10)5-6-19-4/h8,17H,5-7H2,1-4H3,(H2,13,15,18)/t8-/m0/s1. The van der Waals surface area contributed by atoms with Crippen molar-refractivity contribution in [3.05, 3.63) is 11.7 Å². The van der Waals surface area contributed by atoms with Crippen molar-refractivity contribution in [1.29, 1.82) is 0 Å².